The van der Waals surface area contributed by atoms with Crippen LogP contribution in [0.15, 0.2) is 15.2 Å². The number of carbonyl (C=O) groups excluding carboxylic acids is 1. The van der Waals surface area contributed by atoms with Crippen LogP contribution in [0.4, 0.5) is 0 Å². The van der Waals surface area contributed by atoms with Crippen molar-refractivity contribution in [2.45, 2.75) is 25.5 Å². The molecule has 1 aromatic heterocycles. The number of thiophene rings is 1. The summed E-state index contributed by atoms with van der Waals surface area (Å²) in [5.41, 5.74) is 0.708. The molecule has 0 bridgehead atoms. The van der Waals surface area contributed by atoms with Gasteiger partial charge in [-0.25, -0.2) is 0 Å². The van der Waals surface area contributed by atoms with Crippen LogP contribution < -0.4 is 5.32 Å². The Morgan fingerprint density at radius 2 is 2.47 bits per heavy atom. The molecule has 3 nitrogen and oxygen atoms in total. The average Bonchev–Trinajstić information content (AvgIpc) is 2.75. The third kappa shape index (κ3) is 2.59. The van der Waals surface area contributed by atoms with E-state index in [0.29, 0.717) is 12.2 Å². The second-order valence-corrected chi connectivity index (χ2v) is 5.28. The van der Waals surface area contributed by atoms with Crippen molar-refractivity contribution in [1.29, 1.82) is 0 Å². The Balaban J connectivity index is 1.96. The van der Waals surface area contributed by atoms with E-state index in [1.807, 2.05) is 17.7 Å². The highest BCUT2D eigenvalue weighted by Gasteiger charge is 2.24. The summed E-state index contributed by atoms with van der Waals surface area (Å²) < 4.78 is 6.25. The van der Waals surface area contributed by atoms with Crippen LogP contribution in [-0.4, -0.2) is 24.7 Å². The van der Waals surface area contributed by atoms with Crippen LogP contribution >= 0.6 is 27.3 Å². The number of halogens is 1. The van der Waals surface area contributed by atoms with E-state index in [4.69, 9.17) is 4.74 Å². The van der Waals surface area contributed by atoms with Gasteiger partial charge < -0.3 is 10.1 Å². The van der Waals surface area contributed by atoms with Crippen LogP contribution in [0.5, 0.6) is 0 Å². The zero-order chi connectivity index (χ0) is 10.8. The van der Waals surface area contributed by atoms with E-state index in [-0.39, 0.29) is 18.1 Å². The normalized spacial score (nSPS) is 25.5. The molecule has 5 heteroatoms. The van der Waals surface area contributed by atoms with E-state index >= 15 is 0 Å². The lowest BCUT2D eigenvalue weighted by molar-refractivity contribution is 0.0919. The van der Waals surface area contributed by atoms with Gasteiger partial charge in [0, 0.05) is 15.2 Å². The second kappa shape index (κ2) is 4.63. The zero-order valence-corrected chi connectivity index (χ0v) is 10.7. The molecule has 82 valence electrons. The Hall–Kier alpha value is -0.390. The molecule has 1 amide bonds. The van der Waals surface area contributed by atoms with Crippen LogP contribution in [0, 0.1) is 0 Å². The number of amides is 1. The Morgan fingerprint density at radius 1 is 1.67 bits per heavy atom. The summed E-state index contributed by atoms with van der Waals surface area (Å²) in [5.74, 6) is -0.0224. The summed E-state index contributed by atoms with van der Waals surface area (Å²) in [7, 11) is 0. The fourth-order valence-electron chi connectivity index (χ4n) is 1.62. The summed E-state index contributed by atoms with van der Waals surface area (Å²) in [6.45, 7) is 2.64. The van der Waals surface area contributed by atoms with Gasteiger partial charge in [-0.1, -0.05) is 0 Å². The highest BCUT2D eigenvalue weighted by atomic mass is 79.9. The SMILES string of the molecule is CC1CC(NC(=O)c2cscc2Br)CO1. The Morgan fingerprint density at radius 3 is 3.00 bits per heavy atom. The summed E-state index contributed by atoms with van der Waals surface area (Å²) >= 11 is 4.86. The average molecular weight is 290 g/mol. The molecule has 15 heavy (non-hydrogen) atoms. The Labute approximate surface area is 101 Å². The minimum atomic E-state index is -0.0224. The lowest BCUT2D eigenvalue weighted by Crippen LogP contribution is -2.35. The molecule has 1 fully saturated rings. The predicted molar refractivity (Wildman–Crippen MR) is 63.3 cm³/mol. The lowest BCUT2D eigenvalue weighted by Gasteiger charge is -2.09. The van der Waals surface area contributed by atoms with Gasteiger partial charge in [-0.2, -0.15) is 11.3 Å². The van der Waals surface area contributed by atoms with Crippen molar-refractivity contribution < 1.29 is 9.53 Å². The Bertz CT molecular complexity index is 366. The molecule has 2 rings (SSSR count). The molecule has 2 heterocycles. The van der Waals surface area contributed by atoms with Gasteiger partial charge in [-0.05, 0) is 29.3 Å². The number of ether oxygens (including phenoxy) is 1. The van der Waals surface area contributed by atoms with Gasteiger partial charge >= 0.3 is 0 Å². The van der Waals surface area contributed by atoms with E-state index in [1.165, 1.54) is 11.3 Å². The topological polar surface area (TPSA) is 38.3 Å². The largest absolute Gasteiger partial charge is 0.376 e. The number of rotatable bonds is 2. The van der Waals surface area contributed by atoms with Gasteiger partial charge in [-0.3, -0.25) is 4.79 Å². The molecule has 0 radical (unpaired) electrons. The number of hydrogen-bond donors (Lipinski definition) is 1. The molecule has 0 aliphatic carbocycles. The van der Waals surface area contributed by atoms with Gasteiger partial charge in [0.1, 0.15) is 0 Å². The molecule has 2 atom stereocenters. The van der Waals surface area contributed by atoms with Crippen molar-refractivity contribution in [3.05, 3.63) is 20.8 Å². The number of hydrogen-bond acceptors (Lipinski definition) is 3. The van der Waals surface area contributed by atoms with E-state index in [0.717, 1.165) is 10.9 Å². The minimum absolute atomic E-state index is 0.0224. The molecular formula is C10H12BrNO2S. The fraction of sp³-hybridized carbons (Fsp3) is 0.500. The van der Waals surface area contributed by atoms with Crippen molar-refractivity contribution in [2.75, 3.05) is 6.61 Å². The van der Waals surface area contributed by atoms with Crippen LogP contribution in [0.3, 0.4) is 0 Å². The quantitative estimate of drug-likeness (QED) is 0.908. The molecule has 1 saturated heterocycles. The minimum Gasteiger partial charge on any atom is -0.376 e. The van der Waals surface area contributed by atoms with Crippen molar-refractivity contribution in [3.8, 4) is 0 Å². The van der Waals surface area contributed by atoms with Crippen molar-refractivity contribution in [1.82, 2.24) is 5.32 Å². The molecule has 1 aromatic rings. The monoisotopic (exact) mass is 289 g/mol. The third-order valence-corrected chi connectivity index (χ3v) is 4.10. The summed E-state index contributed by atoms with van der Waals surface area (Å²) in [5, 5.41) is 6.72. The van der Waals surface area contributed by atoms with Crippen LogP contribution in [0.1, 0.15) is 23.7 Å². The van der Waals surface area contributed by atoms with Crippen LogP contribution in [-0.2, 0) is 4.74 Å². The Kier molecular flexibility index (Phi) is 3.43. The standard InChI is InChI=1S/C10H12BrNO2S/c1-6-2-7(3-14-6)12-10(13)8-4-15-5-9(8)11/h4-7H,2-3H2,1H3,(H,12,13). The smallest absolute Gasteiger partial charge is 0.253 e. The molecule has 1 aliphatic rings. The maximum Gasteiger partial charge on any atom is 0.253 e. The van der Waals surface area contributed by atoms with Gasteiger partial charge in [0.15, 0.2) is 0 Å². The molecule has 1 N–H and O–H groups in total. The number of nitrogens with one attached hydrogen (secondary N) is 1. The van der Waals surface area contributed by atoms with E-state index in [1.54, 1.807) is 0 Å². The van der Waals surface area contributed by atoms with Gasteiger partial charge in [0.2, 0.25) is 0 Å². The van der Waals surface area contributed by atoms with Gasteiger partial charge in [0.05, 0.1) is 24.3 Å². The molecule has 2 unspecified atom stereocenters. The van der Waals surface area contributed by atoms with E-state index in [9.17, 15) is 4.79 Å². The van der Waals surface area contributed by atoms with Gasteiger partial charge in [0.25, 0.3) is 5.91 Å². The first-order valence-electron chi connectivity index (χ1n) is 4.81. The molecule has 0 spiro atoms. The first-order valence-corrected chi connectivity index (χ1v) is 6.54. The fourth-order valence-corrected chi connectivity index (χ4v) is 3.08. The molecule has 0 saturated carbocycles. The van der Waals surface area contributed by atoms with Crippen LogP contribution in [0.25, 0.3) is 0 Å². The highest BCUT2D eigenvalue weighted by molar-refractivity contribution is 9.10. The first kappa shape index (κ1) is 11.1. The number of carbonyl (C=O) groups is 1. The molecular weight excluding hydrogens is 278 g/mol. The first-order chi connectivity index (χ1) is 7.16. The summed E-state index contributed by atoms with van der Waals surface area (Å²) in [6, 6.07) is 0.152. The maximum absolute atomic E-state index is 11.8. The van der Waals surface area contributed by atoms with Crippen LogP contribution in [0.2, 0.25) is 0 Å². The second-order valence-electron chi connectivity index (χ2n) is 3.68. The van der Waals surface area contributed by atoms with Crippen molar-refractivity contribution in [3.63, 3.8) is 0 Å². The highest BCUT2D eigenvalue weighted by Crippen LogP contribution is 2.22. The third-order valence-electron chi connectivity index (χ3n) is 2.39. The van der Waals surface area contributed by atoms with E-state index in [2.05, 4.69) is 21.2 Å². The zero-order valence-electron chi connectivity index (χ0n) is 8.33. The maximum atomic E-state index is 11.8. The van der Waals surface area contributed by atoms with Gasteiger partial charge in [-0.15, -0.1) is 0 Å². The lowest BCUT2D eigenvalue weighted by atomic mass is 10.2. The van der Waals surface area contributed by atoms with Crippen molar-refractivity contribution in [2.24, 2.45) is 0 Å². The van der Waals surface area contributed by atoms with Crippen molar-refractivity contribution >= 4 is 33.2 Å². The molecule has 1 aliphatic heterocycles. The summed E-state index contributed by atoms with van der Waals surface area (Å²) in [4.78, 5) is 11.8. The molecule has 0 aromatic carbocycles. The summed E-state index contributed by atoms with van der Waals surface area (Å²) in [6.07, 6.45) is 1.15. The predicted octanol–water partition coefficient (Wildman–Crippen LogP) is 2.42. The van der Waals surface area contributed by atoms with E-state index < -0.39 is 0 Å².